The van der Waals surface area contributed by atoms with Gasteiger partial charge in [-0.15, -0.1) is 0 Å². The summed E-state index contributed by atoms with van der Waals surface area (Å²) in [6, 6.07) is -0.642. The molecule has 0 aromatic carbocycles. The minimum absolute atomic E-state index is 0.0778. The van der Waals surface area contributed by atoms with E-state index in [9.17, 15) is 19.5 Å². The predicted molar refractivity (Wildman–Crippen MR) is 64.8 cm³/mol. The lowest BCUT2D eigenvalue weighted by Crippen LogP contribution is -2.59. The van der Waals surface area contributed by atoms with Crippen LogP contribution in [0.5, 0.6) is 0 Å². The molecule has 1 rings (SSSR count). The van der Waals surface area contributed by atoms with Crippen molar-refractivity contribution in [2.75, 3.05) is 7.05 Å². The van der Waals surface area contributed by atoms with Crippen molar-refractivity contribution in [3.05, 3.63) is 0 Å². The smallest absolute Gasteiger partial charge is 0.310 e. The summed E-state index contributed by atoms with van der Waals surface area (Å²) in [5.74, 6) is -1.51. The molecule has 0 radical (unpaired) electrons. The molecule has 0 saturated carbocycles. The topological polar surface area (TPSA) is 86.7 Å². The zero-order valence-electron chi connectivity index (χ0n) is 11.4. The SMILES string of the molecule is CN1C(=O)CC(NC(C)(C)C(C)(C)C(=O)O)C1=O. The Balaban J connectivity index is 2.88. The summed E-state index contributed by atoms with van der Waals surface area (Å²) in [7, 11) is 1.43. The minimum Gasteiger partial charge on any atom is -0.481 e. The molecule has 1 fully saturated rings. The number of carboxylic acid groups (broad SMARTS) is 1. The van der Waals surface area contributed by atoms with Gasteiger partial charge in [0.05, 0.1) is 17.9 Å². The van der Waals surface area contributed by atoms with E-state index in [0.29, 0.717) is 0 Å². The van der Waals surface area contributed by atoms with Crippen molar-refractivity contribution >= 4 is 17.8 Å². The summed E-state index contributed by atoms with van der Waals surface area (Å²) in [6.45, 7) is 6.62. The Morgan fingerprint density at radius 1 is 1.33 bits per heavy atom. The third-order valence-corrected chi connectivity index (χ3v) is 4.01. The number of likely N-dealkylation sites (tertiary alicyclic amines) is 1. The van der Waals surface area contributed by atoms with Gasteiger partial charge in [-0.25, -0.2) is 0 Å². The summed E-state index contributed by atoms with van der Waals surface area (Å²) >= 11 is 0. The van der Waals surface area contributed by atoms with Crippen molar-refractivity contribution < 1.29 is 19.5 Å². The van der Waals surface area contributed by atoms with Crippen molar-refractivity contribution in [2.45, 2.75) is 45.7 Å². The molecule has 0 aromatic heterocycles. The fraction of sp³-hybridized carbons (Fsp3) is 0.750. The van der Waals surface area contributed by atoms with Gasteiger partial charge in [-0.3, -0.25) is 24.6 Å². The average molecular weight is 256 g/mol. The number of rotatable bonds is 4. The number of nitrogens with zero attached hydrogens (tertiary/aromatic N) is 1. The van der Waals surface area contributed by atoms with Gasteiger partial charge in [0, 0.05) is 12.6 Å². The molecule has 102 valence electrons. The number of imide groups is 1. The molecule has 0 aromatic rings. The molecule has 2 amide bonds. The van der Waals surface area contributed by atoms with E-state index in [1.54, 1.807) is 27.7 Å². The van der Waals surface area contributed by atoms with Gasteiger partial charge in [-0.1, -0.05) is 0 Å². The van der Waals surface area contributed by atoms with Crippen LogP contribution in [0.2, 0.25) is 0 Å². The highest BCUT2D eigenvalue weighted by Crippen LogP contribution is 2.32. The second-order valence-electron chi connectivity index (χ2n) is 5.75. The highest BCUT2D eigenvalue weighted by molar-refractivity contribution is 6.05. The highest BCUT2D eigenvalue weighted by atomic mass is 16.4. The number of amides is 2. The van der Waals surface area contributed by atoms with Crippen LogP contribution in [0.1, 0.15) is 34.1 Å². The number of hydrogen-bond acceptors (Lipinski definition) is 4. The summed E-state index contributed by atoms with van der Waals surface area (Å²) in [6.07, 6.45) is 0.0778. The van der Waals surface area contributed by atoms with Gasteiger partial charge in [-0.2, -0.15) is 0 Å². The molecular weight excluding hydrogens is 236 g/mol. The third kappa shape index (κ3) is 2.25. The Hall–Kier alpha value is -1.43. The van der Waals surface area contributed by atoms with Crippen LogP contribution in [0.4, 0.5) is 0 Å². The van der Waals surface area contributed by atoms with E-state index >= 15 is 0 Å². The average Bonchev–Trinajstić information content (AvgIpc) is 2.45. The summed E-state index contributed by atoms with van der Waals surface area (Å²) in [4.78, 5) is 35.5. The maximum Gasteiger partial charge on any atom is 0.310 e. The van der Waals surface area contributed by atoms with E-state index in [4.69, 9.17) is 0 Å². The van der Waals surface area contributed by atoms with Crippen LogP contribution >= 0.6 is 0 Å². The van der Waals surface area contributed by atoms with Crippen LogP contribution in [0, 0.1) is 5.41 Å². The molecule has 0 aliphatic carbocycles. The van der Waals surface area contributed by atoms with Crippen LogP contribution in [0.15, 0.2) is 0 Å². The number of likely N-dealkylation sites (N-methyl/N-ethyl adjacent to an activating group) is 1. The summed E-state index contributed by atoms with van der Waals surface area (Å²) in [5.41, 5.74) is -1.87. The van der Waals surface area contributed by atoms with Crippen LogP contribution in [0.25, 0.3) is 0 Å². The van der Waals surface area contributed by atoms with Gasteiger partial charge < -0.3 is 5.11 Å². The van der Waals surface area contributed by atoms with E-state index < -0.39 is 23.0 Å². The first-order valence-electron chi connectivity index (χ1n) is 5.82. The van der Waals surface area contributed by atoms with E-state index in [1.807, 2.05) is 0 Å². The minimum atomic E-state index is -1.06. The maximum atomic E-state index is 11.8. The molecule has 0 spiro atoms. The number of hydrogen-bond donors (Lipinski definition) is 2. The number of aliphatic carboxylic acids is 1. The standard InChI is InChI=1S/C12H20N2O4/c1-11(2,10(17)18)12(3,4)13-7-6-8(15)14(5)9(7)16/h7,13H,6H2,1-5H3,(H,17,18). The van der Waals surface area contributed by atoms with Crippen molar-refractivity contribution in [3.63, 3.8) is 0 Å². The van der Waals surface area contributed by atoms with E-state index in [0.717, 1.165) is 4.90 Å². The number of carbonyl (C=O) groups excluding carboxylic acids is 2. The number of carbonyl (C=O) groups is 3. The molecular formula is C12H20N2O4. The Kier molecular flexibility index (Phi) is 3.53. The molecule has 0 bridgehead atoms. The van der Waals surface area contributed by atoms with Gasteiger partial charge in [0.15, 0.2) is 0 Å². The monoisotopic (exact) mass is 256 g/mol. The Morgan fingerprint density at radius 2 is 1.83 bits per heavy atom. The van der Waals surface area contributed by atoms with Crippen LogP contribution in [0.3, 0.4) is 0 Å². The van der Waals surface area contributed by atoms with E-state index in [1.165, 1.54) is 7.05 Å². The molecule has 1 atom stereocenters. The van der Waals surface area contributed by atoms with Gasteiger partial charge in [0.25, 0.3) is 0 Å². The maximum absolute atomic E-state index is 11.8. The number of nitrogens with one attached hydrogen (secondary N) is 1. The summed E-state index contributed by atoms with van der Waals surface area (Å²) in [5, 5.41) is 12.2. The molecule has 1 saturated heterocycles. The Labute approximate surface area is 106 Å². The van der Waals surface area contributed by atoms with Crippen molar-refractivity contribution in [2.24, 2.45) is 5.41 Å². The van der Waals surface area contributed by atoms with Crippen LogP contribution in [-0.2, 0) is 14.4 Å². The molecule has 6 heteroatoms. The molecule has 1 aliphatic heterocycles. The van der Waals surface area contributed by atoms with Crippen molar-refractivity contribution in [1.82, 2.24) is 10.2 Å². The van der Waals surface area contributed by atoms with Crippen molar-refractivity contribution in [3.8, 4) is 0 Å². The van der Waals surface area contributed by atoms with Crippen LogP contribution < -0.4 is 5.32 Å². The lowest BCUT2D eigenvalue weighted by Gasteiger charge is -2.40. The quantitative estimate of drug-likeness (QED) is 0.703. The molecule has 6 nitrogen and oxygen atoms in total. The van der Waals surface area contributed by atoms with Gasteiger partial charge in [-0.05, 0) is 27.7 Å². The van der Waals surface area contributed by atoms with E-state index in [2.05, 4.69) is 5.32 Å². The fourth-order valence-electron chi connectivity index (χ4n) is 1.75. The molecule has 1 unspecified atom stereocenters. The second kappa shape index (κ2) is 4.35. The third-order valence-electron chi connectivity index (χ3n) is 4.01. The zero-order valence-corrected chi connectivity index (χ0v) is 11.4. The Bertz CT molecular complexity index is 401. The van der Waals surface area contributed by atoms with E-state index in [-0.39, 0.29) is 18.2 Å². The lowest BCUT2D eigenvalue weighted by atomic mass is 9.74. The lowest BCUT2D eigenvalue weighted by molar-refractivity contribution is -0.152. The van der Waals surface area contributed by atoms with Gasteiger partial charge in [0.2, 0.25) is 11.8 Å². The predicted octanol–water partition coefficient (Wildman–Crippen LogP) is 0.223. The Morgan fingerprint density at radius 3 is 2.17 bits per heavy atom. The molecule has 1 aliphatic rings. The van der Waals surface area contributed by atoms with Gasteiger partial charge >= 0.3 is 5.97 Å². The summed E-state index contributed by atoms with van der Waals surface area (Å²) < 4.78 is 0. The highest BCUT2D eigenvalue weighted by Gasteiger charge is 2.47. The molecule has 1 heterocycles. The molecule has 2 N–H and O–H groups in total. The van der Waals surface area contributed by atoms with Crippen LogP contribution in [-0.4, -0.2) is 46.4 Å². The number of carboxylic acids is 1. The first kappa shape index (κ1) is 14.6. The second-order valence-corrected chi connectivity index (χ2v) is 5.75. The first-order chi connectivity index (χ1) is 8.00. The van der Waals surface area contributed by atoms with Crippen molar-refractivity contribution in [1.29, 1.82) is 0 Å². The molecule has 18 heavy (non-hydrogen) atoms. The fourth-order valence-corrected chi connectivity index (χ4v) is 1.75. The van der Waals surface area contributed by atoms with Gasteiger partial charge in [0.1, 0.15) is 0 Å². The normalized spacial score (nSPS) is 21.6. The first-order valence-corrected chi connectivity index (χ1v) is 5.82. The largest absolute Gasteiger partial charge is 0.481 e. The zero-order chi connectivity index (χ0) is 14.3.